The van der Waals surface area contributed by atoms with Crippen LogP contribution < -0.4 is 5.32 Å². The lowest BCUT2D eigenvalue weighted by Gasteiger charge is -2.08. The van der Waals surface area contributed by atoms with E-state index >= 15 is 0 Å². The van der Waals surface area contributed by atoms with E-state index in [4.69, 9.17) is 0 Å². The number of carbonyl (C=O) groups excluding carboxylic acids is 1. The van der Waals surface area contributed by atoms with Crippen molar-refractivity contribution < 1.29 is 4.79 Å². The summed E-state index contributed by atoms with van der Waals surface area (Å²) in [6.45, 7) is 13.8. The molecule has 0 aromatic heterocycles. The number of terminal acetylenes is 1. The predicted molar refractivity (Wildman–Crippen MR) is 101 cm³/mol. The molecule has 1 amide bonds. The van der Waals surface area contributed by atoms with Gasteiger partial charge in [0.25, 0.3) is 0 Å². The van der Waals surface area contributed by atoms with Crippen LogP contribution in [-0.2, 0) is 11.3 Å². The first-order valence-electron chi connectivity index (χ1n) is 6.72. The van der Waals surface area contributed by atoms with Crippen molar-refractivity contribution in [3.63, 3.8) is 0 Å². The molecule has 0 atom stereocenters. The highest BCUT2D eigenvalue weighted by molar-refractivity contribution is 8.10. The summed E-state index contributed by atoms with van der Waals surface area (Å²) in [7, 11) is 0. The largest absolute Gasteiger partial charge is 0.355 e. The molecule has 0 aliphatic rings. The maximum Gasteiger partial charge on any atom is 0.207 e. The highest BCUT2D eigenvalue weighted by Crippen LogP contribution is 2.31. The van der Waals surface area contributed by atoms with Crippen LogP contribution in [0.3, 0.4) is 0 Å². The molecule has 0 heterocycles. The van der Waals surface area contributed by atoms with Crippen molar-refractivity contribution in [1.82, 2.24) is 5.32 Å². The van der Waals surface area contributed by atoms with Gasteiger partial charge in [-0.15, -0.1) is 19.4 Å². The molecule has 2 nitrogen and oxygen atoms in total. The summed E-state index contributed by atoms with van der Waals surface area (Å²) in [6, 6.07) is 8.19. The molecule has 3 heteroatoms. The number of allylic oxidation sites excluding steroid dienone is 2. The molecule has 1 aromatic rings. The van der Waals surface area contributed by atoms with E-state index in [-0.39, 0.29) is 0 Å². The summed E-state index contributed by atoms with van der Waals surface area (Å²) in [4.78, 5) is 11.4. The van der Waals surface area contributed by atoms with Crippen molar-refractivity contribution in [1.29, 1.82) is 0 Å². The number of benzene rings is 1. The summed E-state index contributed by atoms with van der Waals surface area (Å²) < 4.78 is 0. The monoisotopic (exact) mass is 315 g/mol. The van der Waals surface area contributed by atoms with E-state index in [0.717, 1.165) is 5.56 Å². The van der Waals surface area contributed by atoms with Gasteiger partial charge in [-0.1, -0.05) is 54.3 Å². The molecule has 0 spiro atoms. The van der Waals surface area contributed by atoms with Crippen LogP contribution in [0.2, 0.25) is 0 Å². The standard InChI is InChI=1S/C14H17NOS.C3H6.C2H2/c1-4-17-14(11(2)3)13-7-5-12(6-8-13)9-15-10-16;1-3-2;1-2/h4-8,10H,1,9H2,2-3H3,(H,15,16);3H,1H2,2H3;1-2H. The number of nitrogens with one attached hydrogen (secondary N) is 1. The maximum absolute atomic E-state index is 10.2. The van der Waals surface area contributed by atoms with E-state index in [1.54, 1.807) is 17.8 Å². The van der Waals surface area contributed by atoms with Gasteiger partial charge in [0.1, 0.15) is 0 Å². The Morgan fingerprint density at radius 1 is 1.23 bits per heavy atom. The van der Waals surface area contributed by atoms with Crippen molar-refractivity contribution in [3.05, 3.63) is 65.6 Å². The van der Waals surface area contributed by atoms with Gasteiger partial charge in [-0.2, -0.15) is 0 Å². The van der Waals surface area contributed by atoms with E-state index < -0.39 is 0 Å². The molecule has 1 N–H and O–H groups in total. The number of hydrogen-bond donors (Lipinski definition) is 1. The van der Waals surface area contributed by atoms with Crippen LogP contribution in [-0.4, -0.2) is 6.41 Å². The normalized spacial score (nSPS) is 8.05. The second kappa shape index (κ2) is 15.2. The molecule has 0 saturated carbocycles. The third-order valence-corrected chi connectivity index (χ3v) is 3.31. The highest BCUT2D eigenvalue weighted by atomic mass is 32.2. The number of hydrogen-bond acceptors (Lipinski definition) is 2. The highest BCUT2D eigenvalue weighted by Gasteiger charge is 2.02. The first-order valence-corrected chi connectivity index (χ1v) is 7.60. The molecule has 22 heavy (non-hydrogen) atoms. The lowest BCUT2D eigenvalue weighted by atomic mass is 10.1. The van der Waals surface area contributed by atoms with Gasteiger partial charge in [0, 0.05) is 11.4 Å². The van der Waals surface area contributed by atoms with Crippen LogP contribution in [0.5, 0.6) is 0 Å². The Balaban J connectivity index is 0. The zero-order valence-corrected chi connectivity index (χ0v) is 14.5. The van der Waals surface area contributed by atoms with Crippen LogP contribution in [0.25, 0.3) is 4.91 Å². The van der Waals surface area contributed by atoms with Gasteiger partial charge in [0.15, 0.2) is 0 Å². The van der Waals surface area contributed by atoms with Gasteiger partial charge < -0.3 is 5.32 Å². The molecule has 0 bridgehead atoms. The first-order chi connectivity index (χ1) is 10.6. The smallest absolute Gasteiger partial charge is 0.207 e. The predicted octanol–water partition coefficient (Wildman–Crippen LogP) is 5.00. The summed E-state index contributed by atoms with van der Waals surface area (Å²) in [5.74, 6) is 0. The maximum atomic E-state index is 10.2. The Labute approximate surface area is 139 Å². The van der Waals surface area contributed by atoms with Crippen LogP contribution in [0.1, 0.15) is 31.9 Å². The Morgan fingerprint density at radius 3 is 2.09 bits per heavy atom. The Hall–Kier alpha value is -2.18. The Morgan fingerprint density at radius 2 is 1.73 bits per heavy atom. The summed E-state index contributed by atoms with van der Waals surface area (Å²) in [5, 5.41) is 4.48. The molecule has 0 saturated heterocycles. The molecule has 118 valence electrons. The fraction of sp³-hybridized carbons (Fsp3) is 0.211. The van der Waals surface area contributed by atoms with Crippen LogP contribution in [0.4, 0.5) is 0 Å². The molecular weight excluding hydrogens is 290 g/mol. The van der Waals surface area contributed by atoms with Gasteiger partial charge in [0.05, 0.1) is 0 Å². The van der Waals surface area contributed by atoms with E-state index in [0.29, 0.717) is 13.0 Å². The van der Waals surface area contributed by atoms with Gasteiger partial charge in [0.2, 0.25) is 6.41 Å². The molecule has 1 rings (SSSR count). The van der Waals surface area contributed by atoms with Crippen LogP contribution >= 0.6 is 11.8 Å². The molecule has 0 fully saturated rings. The minimum absolute atomic E-state index is 0.572. The fourth-order valence-corrected chi connectivity index (χ4v) is 2.17. The molecule has 0 aliphatic heterocycles. The Kier molecular flexibility index (Phi) is 15.3. The van der Waals surface area contributed by atoms with Crippen molar-refractivity contribution in [3.8, 4) is 12.8 Å². The molecule has 0 unspecified atom stereocenters. The number of rotatable bonds is 6. The van der Waals surface area contributed by atoms with E-state index in [1.807, 2.05) is 24.5 Å². The number of carbonyl (C=O) groups is 1. The van der Waals surface area contributed by atoms with Crippen molar-refractivity contribution in [2.45, 2.75) is 27.3 Å². The summed E-state index contributed by atoms with van der Waals surface area (Å²) in [6.07, 6.45) is 10.5. The van der Waals surface area contributed by atoms with Crippen LogP contribution in [0.15, 0.2) is 54.5 Å². The van der Waals surface area contributed by atoms with Gasteiger partial charge in [-0.3, -0.25) is 4.79 Å². The third-order valence-electron chi connectivity index (χ3n) is 2.26. The average molecular weight is 315 g/mol. The second-order valence-corrected chi connectivity index (χ2v) is 5.19. The first kappa shape index (κ1) is 22.1. The SMILES string of the molecule is C#C.C=CC.C=CSC(=C(C)C)c1ccc(CNC=O)cc1. The lowest BCUT2D eigenvalue weighted by molar-refractivity contribution is -0.109. The van der Waals surface area contributed by atoms with Crippen molar-refractivity contribution in [2.24, 2.45) is 0 Å². The lowest BCUT2D eigenvalue weighted by Crippen LogP contribution is -2.09. The van der Waals surface area contributed by atoms with E-state index in [1.165, 1.54) is 16.0 Å². The van der Waals surface area contributed by atoms with Crippen molar-refractivity contribution in [2.75, 3.05) is 0 Å². The fourth-order valence-electron chi connectivity index (χ4n) is 1.49. The minimum atomic E-state index is 0.572. The van der Waals surface area contributed by atoms with Gasteiger partial charge >= 0.3 is 0 Å². The topological polar surface area (TPSA) is 29.1 Å². The third kappa shape index (κ3) is 9.68. The minimum Gasteiger partial charge on any atom is -0.355 e. The van der Waals surface area contributed by atoms with Gasteiger partial charge in [-0.25, -0.2) is 0 Å². The molecule has 0 aliphatic carbocycles. The second-order valence-electron chi connectivity index (χ2n) is 4.22. The quantitative estimate of drug-likeness (QED) is 0.454. The summed E-state index contributed by atoms with van der Waals surface area (Å²) in [5.41, 5.74) is 3.55. The van der Waals surface area contributed by atoms with E-state index in [2.05, 4.69) is 57.3 Å². The molecule has 1 aromatic carbocycles. The number of thioether (sulfide) groups is 1. The summed E-state index contributed by atoms with van der Waals surface area (Å²) >= 11 is 1.63. The zero-order valence-electron chi connectivity index (χ0n) is 13.6. The van der Waals surface area contributed by atoms with Gasteiger partial charge in [-0.05, 0) is 37.3 Å². The van der Waals surface area contributed by atoms with Crippen LogP contribution in [0, 0.1) is 12.8 Å². The number of amides is 1. The molecular formula is C19H25NOS. The molecule has 0 radical (unpaired) electrons. The average Bonchev–Trinajstić information content (AvgIpc) is 2.54. The van der Waals surface area contributed by atoms with Crippen molar-refractivity contribution >= 4 is 23.1 Å². The Bertz CT molecular complexity index is 494. The van der Waals surface area contributed by atoms with E-state index in [9.17, 15) is 4.79 Å². The zero-order chi connectivity index (χ0) is 17.4.